The first-order valence-electron chi connectivity index (χ1n) is 14.1. The summed E-state index contributed by atoms with van der Waals surface area (Å²) in [7, 11) is 1.83. The van der Waals surface area contributed by atoms with Crippen molar-refractivity contribution in [1.82, 2.24) is 20.1 Å². The number of halogens is 2. The van der Waals surface area contributed by atoms with Crippen LogP contribution in [0.25, 0.3) is 11.1 Å². The summed E-state index contributed by atoms with van der Waals surface area (Å²) in [4.78, 5) is 38.0. The van der Waals surface area contributed by atoms with Crippen molar-refractivity contribution in [2.75, 3.05) is 31.6 Å². The molecule has 2 unspecified atom stereocenters. The van der Waals surface area contributed by atoms with Gasteiger partial charge in [0.15, 0.2) is 0 Å². The van der Waals surface area contributed by atoms with Gasteiger partial charge in [-0.2, -0.15) is 0 Å². The number of aliphatic carboxylic acids is 1. The van der Waals surface area contributed by atoms with Crippen molar-refractivity contribution in [2.45, 2.75) is 45.8 Å². The predicted molar refractivity (Wildman–Crippen MR) is 166 cm³/mol. The Labute approximate surface area is 255 Å². The van der Waals surface area contributed by atoms with Crippen molar-refractivity contribution in [3.05, 3.63) is 83.7 Å². The largest absolute Gasteiger partial charge is 0.480 e. The van der Waals surface area contributed by atoms with E-state index in [4.69, 9.17) is 0 Å². The van der Waals surface area contributed by atoms with Crippen LogP contribution >= 0.6 is 11.8 Å². The zero-order valence-electron chi connectivity index (χ0n) is 25.0. The van der Waals surface area contributed by atoms with Crippen LogP contribution in [-0.4, -0.2) is 70.5 Å². The second kappa shape index (κ2) is 15.7. The molecular formula is C32H40F2N4O4S. The van der Waals surface area contributed by atoms with E-state index < -0.39 is 35.1 Å². The summed E-state index contributed by atoms with van der Waals surface area (Å²) in [6.07, 6.45) is 2.79. The monoisotopic (exact) mass is 614 g/mol. The van der Waals surface area contributed by atoms with Gasteiger partial charge in [0.05, 0.1) is 11.8 Å². The Morgan fingerprint density at radius 3 is 2.47 bits per heavy atom. The van der Waals surface area contributed by atoms with E-state index in [2.05, 4.69) is 10.6 Å². The highest BCUT2D eigenvalue weighted by atomic mass is 32.2. The van der Waals surface area contributed by atoms with Crippen molar-refractivity contribution in [2.24, 2.45) is 5.41 Å². The number of benzene rings is 2. The van der Waals surface area contributed by atoms with Gasteiger partial charge >= 0.3 is 5.97 Å². The predicted octanol–water partition coefficient (Wildman–Crippen LogP) is 4.94. The van der Waals surface area contributed by atoms with E-state index in [0.29, 0.717) is 38.0 Å². The number of carbonyl (C=O) groups excluding carboxylic acids is 2. The Bertz CT molecular complexity index is 1380. The molecule has 43 heavy (non-hydrogen) atoms. The zero-order valence-corrected chi connectivity index (χ0v) is 25.8. The number of rotatable bonds is 16. The zero-order chi connectivity index (χ0) is 31.6. The molecule has 0 saturated carbocycles. The van der Waals surface area contributed by atoms with E-state index >= 15 is 0 Å². The van der Waals surface area contributed by atoms with Crippen LogP contribution in [0.1, 0.15) is 44.5 Å². The fourth-order valence-corrected chi connectivity index (χ4v) is 5.99. The first-order valence-corrected chi connectivity index (χ1v) is 15.3. The summed E-state index contributed by atoms with van der Waals surface area (Å²) < 4.78 is 31.2. The maximum Gasteiger partial charge on any atom is 0.327 e. The summed E-state index contributed by atoms with van der Waals surface area (Å²) in [5, 5.41) is 14.7. The highest BCUT2D eigenvalue weighted by molar-refractivity contribution is 8.00. The number of nitrogens with one attached hydrogen (secondary N) is 2. The molecule has 3 rings (SSSR count). The van der Waals surface area contributed by atoms with Crippen molar-refractivity contribution >= 4 is 30.0 Å². The lowest BCUT2D eigenvalue weighted by Crippen LogP contribution is -2.44. The maximum atomic E-state index is 14.9. The van der Waals surface area contributed by atoms with E-state index in [1.165, 1.54) is 6.07 Å². The molecule has 0 radical (unpaired) electrons. The SMILES string of the molecule is CNCCCN(C(=O)CSCC(NC=O)C(=O)O)C(c1cc(-c2cc(F)ccc2F)cn1Cc1ccccc1)C(C)(C)C. The minimum Gasteiger partial charge on any atom is -0.480 e. The van der Waals surface area contributed by atoms with Gasteiger partial charge in [-0.1, -0.05) is 51.1 Å². The van der Waals surface area contributed by atoms with Crippen LogP contribution in [-0.2, 0) is 20.9 Å². The Kier molecular flexibility index (Phi) is 12.3. The second-order valence-corrected chi connectivity index (χ2v) is 12.4. The van der Waals surface area contributed by atoms with Crippen molar-refractivity contribution < 1.29 is 28.3 Å². The normalized spacial score (nSPS) is 12.9. The van der Waals surface area contributed by atoms with Crippen molar-refractivity contribution in [1.29, 1.82) is 0 Å². The average molecular weight is 615 g/mol. The van der Waals surface area contributed by atoms with Gasteiger partial charge in [-0.15, -0.1) is 11.8 Å². The third kappa shape index (κ3) is 9.39. The molecule has 1 aromatic heterocycles. The summed E-state index contributed by atoms with van der Waals surface area (Å²) >= 11 is 1.13. The number of aromatic nitrogens is 1. The van der Waals surface area contributed by atoms with Crippen LogP contribution in [0.15, 0.2) is 60.8 Å². The molecule has 8 nitrogen and oxygen atoms in total. The van der Waals surface area contributed by atoms with Crippen LogP contribution in [0, 0.1) is 17.0 Å². The maximum absolute atomic E-state index is 14.9. The van der Waals surface area contributed by atoms with Gasteiger partial charge in [0, 0.05) is 41.9 Å². The van der Waals surface area contributed by atoms with E-state index in [1.54, 1.807) is 11.1 Å². The summed E-state index contributed by atoms with van der Waals surface area (Å²) in [6.45, 7) is 7.62. The van der Waals surface area contributed by atoms with Crippen LogP contribution < -0.4 is 10.6 Å². The number of hydrogen-bond acceptors (Lipinski definition) is 5. The second-order valence-electron chi connectivity index (χ2n) is 11.4. The van der Waals surface area contributed by atoms with Gasteiger partial charge in [-0.25, -0.2) is 13.6 Å². The van der Waals surface area contributed by atoms with E-state index in [9.17, 15) is 28.3 Å². The van der Waals surface area contributed by atoms with Crippen LogP contribution in [0.4, 0.5) is 8.78 Å². The molecule has 232 valence electrons. The molecule has 2 amide bonds. The number of carboxylic acids is 1. The summed E-state index contributed by atoms with van der Waals surface area (Å²) in [5.41, 5.74) is 1.92. The molecule has 3 aromatic rings. The Balaban J connectivity index is 2.08. The molecule has 1 heterocycles. The number of carbonyl (C=O) groups is 3. The third-order valence-electron chi connectivity index (χ3n) is 7.00. The molecule has 0 bridgehead atoms. The molecule has 0 saturated heterocycles. The molecule has 2 aromatic carbocycles. The molecule has 0 aliphatic carbocycles. The van der Waals surface area contributed by atoms with Crippen LogP contribution in [0.2, 0.25) is 0 Å². The van der Waals surface area contributed by atoms with E-state index in [1.807, 2.05) is 68.8 Å². The lowest BCUT2D eigenvalue weighted by atomic mass is 9.83. The summed E-state index contributed by atoms with van der Waals surface area (Å²) in [5.74, 6) is -2.44. The number of amides is 2. The number of hydrogen-bond donors (Lipinski definition) is 3. The van der Waals surface area contributed by atoms with Crippen molar-refractivity contribution in [3.63, 3.8) is 0 Å². The number of nitrogens with zero attached hydrogens (tertiary/aromatic N) is 2. The van der Waals surface area contributed by atoms with Gasteiger partial charge in [0.2, 0.25) is 12.3 Å². The van der Waals surface area contributed by atoms with Gasteiger partial charge in [-0.3, -0.25) is 9.59 Å². The fraction of sp³-hybridized carbons (Fsp3) is 0.406. The Hall–Kier alpha value is -3.70. The standard InChI is InChI=1S/C32H40F2N4O4S/c1-32(2,3)30(38(14-8-13-35-4)29(40)20-43-19-27(31(41)42)36-21-39)28-15-23(25-16-24(33)11-12-26(25)34)18-37(28)17-22-9-6-5-7-10-22/h5-7,9-12,15-16,18,21,27,30,35H,8,13-14,17,19-20H2,1-4H3,(H,36,39)(H,41,42). The highest BCUT2D eigenvalue weighted by Gasteiger charge is 2.37. The topological polar surface area (TPSA) is 104 Å². The number of thioether (sulfide) groups is 1. The molecule has 0 spiro atoms. The van der Waals surface area contributed by atoms with Crippen LogP contribution in [0.3, 0.4) is 0 Å². The van der Waals surface area contributed by atoms with E-state index in [-0.39, 0.29) is 23.0 Å². The lowest BCUT2D eigenvalue weighted by Gasteiger charge is -2.41. The van der Waals surface area contributed by atoms with Gasteiger partial charge < -0.3 is 25.2 Å². The van der Waals surface area contributed by atoms with Gasteiger partial charge in [0.1, 0.15) is 17.7 Å². The Morgan fingerprint density at radius 2 is 1.84 bits per heavy atom. The highest BCUT2D eigenvalue weighted by Crippen LogP contribution is 2.41. The molecule has 0 fully saturated rings. The third-order valence-corrected chi connectivity index (χ3v) is 8.02. The lowest BCUT2D eigenvalue weighted by molar-refractivity contribution is -0.140. The van der Waals surface area contributed by atoms with Gasteiger partial charge in [0.25, 0.3) is 0 Å². The molecule has 0 aliphatic heterocycles. The van der Waals surface area contributed by atoms with Crippen molar-refractivity contribution in [3.8, 4) is 11.1 Å². The Morgan fingerprint density at radius 1 is 1.12 bits per heavy atom. The summed E-state index contributed by atoms with van der Waals surface area (Å²) in [6, 6.07) is 13.4. The molecular weight excluding hydrogens is 574 g/mol. The first kappa shape index (κ1) is 33.8. The average Bonchev–Trinajstić information content (AvgIpc) is 3.35. The first-order chi connectivity index (χ1) is 20.5. The number of carboxylic acid groups (broad SMARTS) is 1. The smallest absolute Gasteiger partial charge is 0.327 e. The van der Waals surface area contributed by atoms with Crippen LogP contribution in [0.5, 0.6) is 0 Å². The minimum atomic E-state index is -1.18. The molecule has 0 aliphatic rings. The van der Waals surface area contributed by atoms with Gasteiger partial charge in [-0.05, 0) is 55.3 Å². The minimum absolute atomic E-state index is 0.00122. The fourth-order valence-electron chi connectivity index (χ4n) is 5.06. The molecule has 2 atom stereocenters. The van der Waals surface area contributed by atoms with E-state index in [0.717, 1.165) is 35.2 Å². The quantitative estimate of drug-likeness (QED) is 0.156. The molecule has 11 heteroatoms. The molecule has 3 N–H and O–H groups in total.